The van der Waals surface area contributed by atoms with Crippen LogP contribution in [0.15, 0.2) is 18.2 Å². The summed E-state index contributed by atoms with van der Waals surface area (Å²) in [5.74, 6) is -1.72. The number of nitro groups is 1. The van der Waals surface area contributed by atoms with E-state index < -0.39 is 22.9 Å². The zero-order chi connectivity index (χ0) is 15.6. The summed E-state index contributed by atoms with van der Waals surface area (Å²) >= 11 is 0. The lowest BCUT2D eigenvalue weighted by Crippen LogP contribution is -2.48. The second-order valence-corrected chi connectivity index (χ2v) is 4.73. The van der Waals surface area contributed by atoms with Gasteiger partial charge in [0.2, 0.25) is 0 Å². The molecule has 112 valence electrons. The van der Waals surface area contributed by atoms with E-state index in [1.54, 1.807) is 13.0 Å². The second kappa shape index (κ2) is 5.88. The summed E-state index contributed by atoms with van der Waals surface area (Å²) < 4.78 is 5.03. The van der Waals surface area contributed by atoms with Crippen molar-refractivity contribution in [1.82, 2.24) is 4.90 Å². The van der Waals surface area contributed by atoms with Crippen LogP contribution in [0.25, 0.3) is 0 Å². The van der Waals surface area contributed by atoms with Gasteiger partial charge in [-0.25, -0.2) is 4.79 Å². The monoisotopic (exact) mass is 294 g/mol. The van der Waals surface area contributed by atoms with Gasteiger partial charge < -0.3 is 14.7 Å². The number of hydrogen-bond acceptors (Lipinski definition) is 5. The normalized spacial score (nSPS) is 18.3. The van der Waals surface area contributed by atoms with E-state index in [9.17, 15) is 19.7 Å². The predicted molar refractivity (Wildman–Crippen MR) is 71.1 cm³/mol. The first-order chi connectivity index (χ1) is 9.90. The molecule has 1 unspecified atom stereocenters. The topological polar surface area (TPSA) is 110 Å². The third-order valence-corrected chi connectivity index (χ3v) is 3.21. The van der Waals surface area contributed by atoms with Crippen LogP contribution in [0.1, 0.15) is 15.9 Å². The van der Waals surface area contributed by atoms with Crippen molar-refractivity contribution >= 4 is 17.6 Å². The molecular formula is C13H14N2O6. The van der Waals surface area contributed by atoms with Gasteiger partial charge in [0.1, 0.15) is 5.56 Å². The number of rotatable bonds is 3. The summed E-state index contributed by atoms with van der Waals surface area (Å²) in [5, 5.41) is 19.9. The second-order valence-electron chi connectivity index (χ2n) is 4.73. The number of ether oxygens (including phenoxy) is 1. The number of carbonyl (C=O) groups is 2. The first-order valence-electron chi connectivity index (χ1n) is 6.29. The van der Waals surface area contributed by atoms with Gasteiger partial charge in [-0.15, -0.1) is 0 Å². The van der Waals surface area contributed by atoms with Crippen molar-refractivity contribution in [2.75, 3.05) is 19.7 Å². The molecule has 0 saturated carbocycles. The fourth-order valence-corrected chi connectivity index (χ4v) is 2.13. The lowest BCUT2D eigenvalue weighted by atomic mass is 10.1. The molecule has 1 aliphatic rings. The van der Waals surface area contributed by atoms with Crippen molar-refractivity contribution in [2.45, 2.75) is 13.0 Å². The van der Waals surface area contributed by atoms with Crippen molar-refractivity contribution in [3.63, 3.8) is 0 Å². The van der Waals surface area contributed by atoms with Crippen LogP contribution in [0.2, 0.25) is 0 Å². The zero-order valence-electron chi connectivity index (χ0n) is 11.3. The molecule has 1 aromatic carbocycles. The third kappa shape index (κ3) is 3.16. The molecule has 0 aliphatic carbocycles. The summed E-state index contributed by atoms with van der Waals surface area (Å²) in [7, 11) is 0. The summed E-state index contributed by atoms with van der Waals surface area (Å²) in [4.78, 5) is 35.0. The van der Waals surface area contributed by atoms with Gasteiger partial charge in [0.05, 0.1) is 18.1 Å². The van der Waals surface area contributed by atoms with Crippen molar-refractivity contribution in [1.29, 1.82) is 0 Å². The lowest BCUT2D eigenvalue weighted by molar-refractivity contribution is -0.385. The molecule has 8 heteroatoms. The van der Waals surface area contributed by atoms with E-state index in [1.807, 2.05) is 0 Å². The van der Waals surface area contributed by atoms with Crippen LogP contribution < -0.4 is 0 Å². The highest BCUT2D eigenvalue weighted by molar-refractivity contribution is 5.98. The number of aryl methyl sites for hydroxylation is 1. The van der Waals surface area contributed by atoms with Crippen LogP contribution >= 0.6 is 0 Å². The average molecular weight is 294 g/mol. The molecule has 1 amide bonds. The summed E-state index contributed by atoms with van der Waals surface area (Å²) in [5.41, 5.74) is 0.391. The quantitative estimate of drug-likeness (QED) is 0.653. The van der Waals surface area contributed by atoms with Gasteiger partial charge in [-0.2, -0.15) is 0 Å². The van der Waals surface area contributed by atoms with Gasteiger partial charge in [-0.05, 0) is 18.6 Å². The Morgan fingerprint density at radius 2 is 2.19 bits per heavy atom. The van der Waals surface area contributed by atoms with E-state index in [1.165, 1.54) is 17.0 Å². The molecule has 1 aliphatic heterocycles. The molecule has 8 nitrogen and oxygen atoms in total. The molecule has 1 N–H and O–H groups in total. The predicted octanol–water partition coefficient (Wildman–Crippen LogP) is 0.829. The first kappa shape index (κ1) is 14.9. The Morgan fingerprint density at radius 3 is 2.81 bits per heavy atom. The summed E-state index contributed by atoms with van der Waals surface area (Å²) in [6, 6.07) is 4.26. The van der Waals surface area contributed by atoms with Gasteiger partial charge in [0.15, 0.2) is 6.10 Å². The molecule has 21 heavy (non-hydrogen) atoms. The standard InChI is InChI=1S/C13H14N2O6/c1-8-2-3-10(15(19)20)9(6-8)12(16)14-4-5-21-11(7-14)13(17)18/h2-3,6,11H,4-5,7H2,1H3,(H,17,18). The smallest absolute Gasteiger partial charge is 0.334 e. The molecule has 0 radical (unpaired) electrons. The fourth-order valence-electron chi connectivity index (χ4n) is 2.13. The molecule has 2 rings (SSSR count). The van der Waals surface area contributed by atoms with Crippen molar-refractivity contribution in [3.8, 4) is 0 Å². The van der Waals surface area contributed by atoms with Crippen LogP contribution in [0.3, 0.4) is 0 Å². The number of carbonyl (C=O) groups excluding carboxylic acids is 1. The Bertz CT molecular complexity index is 600. The van der Waals surface area contributed by atoms with Crippen molar-refractivity contribution in [2.24, 2.45) is 0 Å². The van der Waals surface area contributed by atoms with Crippen LogP contribution in [-0.4, -0.2) is 52.6 Å². The largest absolute Gasteiger partial charge is 0.479 e. The molecule has 1 heterocycles. The van der Waals surface area contributed by atoms with Crippen molar-refractivity contribution in [3.05, 3.63) is 39.4 Å². The molecule has 1 aromatic rings. The number of carboxylic acid groups (broad SMARTS) is 1. The number of benzene rings is 1. The molecule has 0 bridgehead atoms. The minimum absolute atomic E-state index is 0.0361. The average Bonchev–Trinajstić information content (AvgIpc) is 2.46. The highest BCUT2D eigenvalue weighted by Crippen LogP contribution is 2.22. The van der Waals surface area contributed by atoms with Gasteiger partial charge in [-0.1, -0.05) is 6.07 Å². The maximum Gasteiger partial charge on any atom is 0.334 e. The zero-order valence-corrected chi connectivity index (χ0v) is 11.3. The minimum atomic E-state index is -1.16. The van der Waals surface area contributed by atoms with Gasteiger partial charge in [0.25, 0.3) is 11.6 Å². The Balaban J connectivity index is 2.29. The number of morpholine rings is 1. The van der Waals surface area contributed by atoms with Crippen LogP contribution in [-0.2, 0) is 9.53 Å². The molecule has 1 fully saturated rings. The highest BCUT2D eigenvalue weighted by atomic mass is 16.6. The number of hydrogen-bond donors (Lipinski definition) is 1. The van der Waals surface area contributed by atoms with E-state index >= 15 is 0 Å². The van der Waals surface area contributed by atoms with Crippen LogP contribution in [0, 0.1) is 17.0 Å². The minimum Gasteiger partial charge on any atom is -0.479 e. The number of nitrogens with zero attached hydrogens (tertiary/aromatic N) is 2. The lowest BCUT2D eigenvalue weighted by Gasteiger charge is -2.30. The Hall–Kier alpha value is -2.48. The summed E-state index contributed by atoms with van der Waals surface area (Å²) in [6.07, 6.45) is -1.11. The Labute approximate surface area is 120 Å². The van der Waals surface area contributed by atoms with Gasteiger partial charge >= 0.3 is 5.97 Å². The Kier molecular flexibility index (Phi) is 4.18. The highest BCUT2D eigenvalue weighted by Gasteiger charge is 2.32. The van der Waals surface area contributed by atoms with E-state index in [2.05, 4.69) is 0 Å². The van der Waals surface area contributed by atoms with E-state index in [0.717, 1.165) is 0 Å². The van der Waals surface area contributed by atoms with Crippen LogP contribution in [0.4, 0.5) is 5.69 Å². The Morgan fingerprint density at radius 1 is 1.48 bits per heavy atom. The summed E-state index contributed by atoms with van der Waals surface area (Å²) in [6.45, 7) is 1.88. The first-order valence-corrected chi connectivity index (χ1v) is 6.29. The number of carboxylic acids is 1. The van der Waals surface area contributed by atoms with Crippen molar-refractivity contribution < 1.29 is 24.4 Å². The van der Waals surface area contributed by atoms with E-state index in [-0.39, 0.29) is 30.9 Å². The SMILES string of the molecule is Cc1ccc([N+](=O)[O-])c(C(=O)N2CCOC(C(=O)O)C2)c1. The number of amides is 1. The number of nitro benzene ring substituents is 1. The molecule has 0 spiro atoms. The number of aliphatic carboxylic acids is 1. The molecule has 1 saturated heterocycles. The third-order valence-electron chi connectivity index (χ3n) is 3.21. The molecule has 1 atom stereocenters. The van der Waals surface area contributed by atoms with E-state index in [4.69, 9.17) is 9.84 Å². The fraction of sp³-hybridized carbons (Fsp3) is 0.385. The molecule has 0 aromatic heterocycles. The molecular weight excluding hydrogens is 280 g/mol. The van der Waals surface area contributed by atoms with Crippen LogP contribution in [0.5, 0.6) is 0 Å². The maximum absolute atomic E-state index is 12.4. The van der Waals surface area contributed by atoms with E-state index in [0.29, 0.717) is 5.56 Å². The van der Waals surface area contributed by atoms with Gasteiger partial charge in [-0.3, -0.25) is 14.9 Å². The van der Waals surface area contributed by atoms with Gasteiger partial charge in [0, 0.05) is 12.6 Å². The maximum atomic E-state index is 12.4.